The Kier molecular flexibility index (Phi) is 5.12. The summed E-state index contributed by atoms with van der Waals surface area (Å²) >= 11 is 0. The van der Waals surface area contributed by atoms with E-state index in [2.05, 4.69) is 18.9 Å². The van der Waals surface area contributed by atoms with Gasteiger partial charge < -0.3 is 5.73 Å². The summed E-state index contributed by atoms with van der Waals surface area (Å²) in [5.74, 6) is -0.243. The maximum absolute atomic E-state index is 13.9. The number of halogens is 1. The third kappa shape index (κ3) is 3.70. The lowest BCUT2D eigenvalue weighted by atomic mass is 10.0. The van der Waals surface area contributed by atoms with Crippen LogP contribution >= 0.6 is 0 Å². The summed E-state index contributed by atoms with van der Waals surface area (Å²) in [4.78, 5) is 0. The molecule has 0 saturated carbocycles. The zero-order chi connectivity index (χ0) is 15.4. The number of hydrogen-bond acceptors (Lipinski definition) is 2. The van der Waals surface area contributed by atoms with Crippen LogP contribution in [0.2, 0.25) is 0 Å². The van der Waals surface area contributed by atoms with Gasteiger partial charge in [-0.05, 0) is 31.9 Å². The summed E-state index contributed by atoms with van der Waals surface area (Å²) in [7, 11) is 0. The van der Waals surface area contributed by atoms with Crippen LogP contribution in [0, 0.1) is 12.7 Å². The predicted octanol–water partition coefficient (Wildman–Crippen LogP) is 3.93. The molecule has 1 atom stereocenters. The predicted molar refractivity (Wildman–Crippen MR) is 83.6 cm³/mol. The highest BCUT2D eigenvalue weighted by molar-refractivity contribution is 5.27. The van der Waals surface area contributed by atoms with Crippen LogP contribution in [0.25, 0.3) is 0 Å². The van der Waals surface area contributed by atoms with Gasteiger partial charge in [0.1, 0.15) is 5.82 Å². The highest BCUT2D eigenvalue weighted by Crippen LogP contribution is 2.21. The minimum atomic E-state index is -0.366. The van der Waals surface area contributed by atoms with E-state index in [1.165, 1.54) is 6.07 Å². The standard InChI is InChI=1S/C17H24FN3/c1-4-14(5-2)21-9-8-13(20-21)11-17(19)15-10-12(3)6-7-16(15)18/h6-10,14,17H,4-5,11,19H2,1-3H3. The first-order valence-electron chi connectivity index (χ1n) is 7.60. The summed E-state index contributed by atoms with van der Waals surface area (Å²) in [6, 6.07) is 7.09. The lowest BCUT2D eigenvalue weighted by Gasteiger charge is -2.14. The van der Waals surface area contributed by atoms with E-state index in [1.807, 2.05) is 29.9 Å². The summed E-state index contributed by atoms with van der Waals surface area (Å²) in [5.41, 5.74) is 8.65. The molecule has 0 radical (unpaired) electrons. The van der Waals surface area contributed by atoms with Crippen molar-refractivity contribution in [1.29, 1.82) is 0 Å². The summed E-state index contributed by atoms with van der Waals surface area (Å²) in [6.45, 7) is 6.25. The van der Waals surface area contributed by atoms with Gasteiger partial charge in [-0.25, -0.2) is 4.39 Å². The fourth-order valence-electron chi connectivity index (χ4n) is 2.64. The Morgan fingerprint density at radius 2 is 1.95 bits per heavy atom. The van der Waals surface area contributed by atoms with E-state index in [-0.39, 0.29) is 11.9 Å². The third-order valence-corrected chi connectivity index (χ3v) is 3.96. The molecule has 1 heterocycles. The average molecular weight is 289 g/mol. The van der Waals surface area contributed by atoms with Crippen LogP contribution in [0.5, 0.6) is 0 Å². The van der Waals surface area contributed by atoms with Gasteiger partial charge in [-0.3, -0.25) is 4.68 Å². The molecule has 1 aromatic heterocycles. The maximum Gasteiger partial charge on any atom is 0.128 e. The molecule has 114 valence electrons. The molecule has 0 amide bonds. The van der Waals surface area contributed by atoms with Crippen LogP contribution in [-0.2, 0) is 6.42 Å². The van der Waals surface area contributed by atoms with Crippen molar-refractivity contribution in [3.8, 4) is 0 Å². The van der Waals surface area contributed by atoms with E-state index in [0.29, 0.717) is 18.0 Å². The molecule has 0 fully saturated rings. The number of rotatable bonds is 6. The minimum Gasteiger partial charge on any atom is -0.324 e. The van der Waals surface area contributed by atoms with Crippen LogP contribution in [-0.4, -0.2) is 9.78 Å². The van der Waals surface area contributed by atoms with Gasteiger partial charge in [-0.15, -0.1) is 0 Å². The van der Waals surface area contributed by atoms with Crippen LogP contribution < -0.4 is 5.73 Å². The van der Waals surface area contributed by atoms with Gasteiger partial charge in [0.2, 0.25) is 0 Å². The van der Waals surface area contributed by atoms with Crippen molar-refractivity contribution in [2.75, 3.05) is 0 Å². The van der Waals surface area contributed by atoms with Crippen molar-refractivity contribution in [3.05, 3.63) is 53.1 Å². The van der Waals surface area contributed by atoms with Crippen molar-refractivity contribution in [2.24, 2.45) is 5.73 Å². The molecule has 2 N–H and O–H groups in total. The molecule has 0 saturated heterocycles. The Balaban J connectivity index is 2.12. The summed E-state index contributed by atoms with van der Waals surface area (Å²) < 4.78 is 15.9. The van der Waals surface area contributed by atoms with E-state index < -0.39 is 0 Å². The fourth-order valence-corrected chi connectivity index (χ4v) is 2.64. The zero-order valence-electron chi connectivity index (χ0n) is 13.0. The molecule has 2 rings (SSSR count). The molecule has 0 spiro atoms. The first-order chi connectivity index (χ1) is 10.0. The van der Waals surface area contributed by atoms with Gasteiger partial charge in [0.25, 0.3) is 0 Å². The zero-order valence-corrected chi connectivity index (χ0v) is 13.0. The molecule has 0 aliphatic rings. The quantitative estimate of drug-likeness (QED) is 0.875. The highest BCUT2D eigenvalue weighted by atomic mass is 19.1. The minimum absolute atomic E-state index is 0.243. The van der Waals surface area contributed by atoms with Crippen LogP contribution in [0.3, 0.4) is 0 Å². The van der Waals surface area contributed by atoms with E-state index in [0.717, 1.165) is 24.1 Å². The molecule has 0 bridgehead atoms. The molecule has 0 aliphatic heterocycles. The Morgan fingerprint density at radius 1 is 1.24 bits per heavy atom. The molecular formula is C17H24FN3. The Morgan fingerprint density at radius 3 is 2.62 bits per heavy atom. The molecule has 2 aromatic rings. The summed E-state index contributed by atoms with van der Waals surface area (Å²) in [6.07, 6.45) is 4.65. The number of nitrogens with zero attached hydrogens (tertiary/aromatic N) is 2. The second kappa shape index (κ2) is 6.85. The first kappa shape index (κ1) is 15.7. The molecule has 0 aliphatic carbocycles. The van der Waals surface area contributed by atoms with Crippen molar-refractivity contribution in [2.45, 2.75) is 52.1 Å². The number of benzene rings is 1. The number of hydrogen-bond donors (Lipinski definition) is 1. The average Bonchev–Trinajstić information content (AvgIpc) is 2.91. The van der Waals surface area contributed by atoms with Gasteiger partial charge in [-0.2, -0.15) is 5.10 Å². The third-order valence-electron chi connectivity index (χ3n) is 3.96. The van der Waals surface area contributed by atoms with Crippen LogP contribution in [0.15, 0.2) is 30.5 Å². The van der Waals surface area contributed by atoms with Gasteiger partial charge >= 0.3 is 0 Å². The smallest absolute Gasteiger partial charge is 0.128 e. The van der Waals surface area contributed by atoms with E-state index in [1.54, 1.807) is 6.07 Å². The molecule has 1 unspecified atom stereocenters. The fraction of sp³-hybridized carbons (Fsp3) is 0.471. The maximum atomic E-state index is 13.9. The normalized spacial score (nSPS) is 12.9. The topological polar surface area (TPSA) is 43.8 Å². The Bertz CT molecular complexity index is 587. The number of nitrogens with two attached hydrogens (primary N) is 1. The largest absolute Gasteiger partial charge is 0.324 e. The van der Waals surface area contributed by atoms with E-state index in [4.69, 9.17) is 5.73 Å². The Labute approximate surface area is 126 Å². The molecule has 1 aromatic carbocycles. The summed E-state index contributed by atoms with van der Waals surface area (Å²) in [5, 5.41) is 4.58. The number of aromatic nitrogens is 2. The lowest BCUT2D eigenvalue weighted by Crippen LogP contribution is -2.16. The van der Waals surface area contributed by atoms with Crippen molar-refractivity contribution in [1.82, 2.24) is 9.78 Å². The molecule has 4 heteroatoms. The molecular weight excluding hydrogens is 265 g/mol. The monoisotopic (exact) mass is 289 g/mol. The first-order valence-corrected chi connectivity index (χ1v) is 7.60. The van der Waals surface area contributed by atoms with Gasteiger partial charge in [0, 0.05) is 24.2 Å². The van der Waals surface area contributed by atoms with E-state index >= 15 is 0 Å². The molecule has 3 nitrogen and oxygen atoms in total. The molecule has 21 heavy (non-hydrogen) atoms. The van der Waals surface area contributed by atoms with Gasteiger partial charge in [0.15, 0.2) is 0 Å². The number of aryl methyl sites for hydroxylation is 1. The second-order valence-electron chi connectivity index (χ2n) is 5.59. The second-order valence-corrected chi connectivity index (χ2v) is 5.59. The van der Waals surface area contributed by atoms with E-state index in [9.17, 15) is 4.39 Å². The lowest BCUT2D eigenvalue weighted by molar-refractivity contribution is 0.424. The Hall–Kier alpha value is -1.68. The van der Waals surface area contributed by atoms with Crippen LogP contribution in [0.1, 0.15) is 55.6 Å². The SMILES string of the molecule is CCC(CC)n1ccc(CC(N)c2cc(C)ccc2F)n1. The van der Waals surface area contributed by atoms with Crippen LogP contribution in [0.4, 0.5) is 4.39 Å². The van der Waals surface area contributed by atoms with Crippen molar-refractivity contribution in [3.63, 3.8) is 0 Å². The van der Waals surface area contributed by atoms with Gasteiger partial charge in [0.05, 0.1) is 11.7 Å². The van der Waals surface area contributed by atoms with Gasteiger partial charge in [-0.1, -0.05) is 31.5 Å². The highest BCUT2D eigenvalue weighted by Gasteiger charge is 2.15. The van der Waals surface area contributed by atoms with Crippen molar-refractivity contribution < 1.29 is 4.39 Å². The van der Waals surface area contributed by atoms with Crippen molar-refractivity contribution >= 4 is 0 Å².